The summed E-state index contributed by atoms with van der Waals surface area (Å²) in [7, 11) is 0. The Hall–Kier alpha value is -2.66. The molecule has 5 heteroatoms. The highest BCUT2D eigenvalue weighted by molar-refractivity contribution is 5.41. The largest absolute Gasteiger partial charge is 0.392 e. The molecule has 0 atom stereocenters. The van der Waals surface area contributed by atoms with E-state index in [0.717, 1.165) is 43.7 Å². The topological polar surface area (TPSA) is 65.0 Å². The Balaban J connectivity index is 1.37. The fourth-order valence-electron chi connectivity index (χ4n) is 3.63. The SMILES string of the molecule is OCc1ccnc(N2CCC(c3cc(Cc4ccccc4)[nH]n3)CC2)c1. The molecular formula is C21H24N4O. The summed E-state index contributed by atoms with van der Waals surface area (Å²) >= 11 is 0. The van der Waals surface area contributed by atoms with Gasteiger partial charge in [-0.2, -0.15) is 5.10 Å². The number of aliphatic hydroxyl groups is 1. The predicted octanol–water partition coefficient (Wildman–Crippen LogP) is 3.27. The van der Waals surface area contributed by atoms with Crippen LogP contribution in [0.1, 0.15) is 41.3 Å². The van der Waals surface area contributed by atoms with Gasteiger partial charge in [0.25, 0.3) is 0 Å². The lowest BCUT2D eigenvalue weighted by Gasteiger charge is -2.32. The van der Waals surface area contributed by atoms with Crippen molar-refractivity contribution in [2.24, 2.45) is 0 Å². The van der Waals surface area contributed by atoms with E-state index in [4.69, 9.17) is 0 Å². The third-order valence-corrected chi connectivity index (χ3v) is 5.12. The molecule has 26 heavy (non-hydrogen) atoms. The number of anilines is 1. The molecule has 1 saturated heterocycles. The van der Waals surface area contributed by atoms with Crippen LogP contribution in [-0.2, 0) is 13.0 Å². The van der Waals surface area contributed by atoms with Gasteiger partial charge in [0.2, 0.25) is 0 Å². The van der Waals surface area contributed by atoms with E-state index in [0.29, 0.717) is 5.92 Å². The summed E-state index contributed by atoms with van der Waals surface area (Å²) in [5, 5.41) is 17.1. The van der Waals surface area contributed by atoms with Gasteiger partial charge in [-0.1, -0.05) is 30.3 Å². The van der Waals surface area contributed by atoms with Crippen molar-refractivity contribution >= 4 is 5.82 Å². The average Bonchev–Trinajstić information content (AvgIpc) is 3.17. The van der Waals surface area contributed by atoms with Crippen molar-refractivity contribution in [3.05, 3.63) is 77.2 Å². The minimum atomic E-state index is 0.0590. The molecule has 3 heterocycles. The number of aromatic amines is 1. The van der Waals surface area contributed by atoms with Crippen LogP contribution in [0.25, 0.3) is 0 Å². The summed E-state index contributed by atoms with van der Waals surface area (Å²) < 4.78 is 0. The van der Waals surface area contributed by atoms with Crippen LogP contribution in [-0.4, -0.2) is 33.4 Å². The van der Waals surface area contributed by atoms with Gasteiger partial charge >= 0.3 is 0 Å². The van der Waals surface area contributed by atoms with Crippen molar-refractivity contribution < 1.29 is 5.11 Å². The number of benzene rings is 1. The number of aliphatic hydroxyl groups excluding tert-OH is 1. The highest BCUT2D eigenvalue weighted by atomic mass is 16.3. The second-order valence-electron chi connectivity index (χ2n) is 6.92. The zero-order valence-corrected chi connectivity index (χ0v) is 14.8. The number of rotatable bonds is 5. The molecule has 2 N–H and O–H groups in total. The Kier molecular flexibility index (Phi) is 4.97. The molecule has 0 amide bonds. The van der Waals surface area contributed by atoms with Gasteiger partial charge in [-0.3, -0.25) is 5.10 Å². The monoisotopic (exact) mass is 348 g/mol. The third-order valence-electron chi connectivity index (χ3n) is 5.12. The number of aromatic nitrogens is 3. The van der Waals surface area contributed by atoms with Crippen molar-refractivity contribution in [2.45, 2.75) is 31.8 Å². The maximum Gasteiger partial charge on any atom is 0.128 e. The first-order chi connectivity index (χ1) is 12.8. The van der Waals surface area contributed by atoms with Crippen molar-refractivity contribution in [1.29, 1.82) is 0 Å². The summed E-state index contributed by atoms with van der Waals surface area (Å²) in [5.41, 5.74) is 4.56. The molecule has 5 nitrogen and oxygen atoms in total. The van der Waals surface area contributed by atoms with Crippen LogP contribution < -0.4 is 4.90 Å². The molecule has 1 aliphatic rings. The Morgan fingerprint density at radius 1 is 1.04 bits per heavy atom. The lowest BCUT2D eigenvalue weighted by Crippen LogP contribution is -2.33. The molecule has 1 fully saturated rings. The molecule has 0 radical (unpaired) electrons. The first-order valence-electron chi connectivity index (χ1n) is 9.20. The molecule has 134 valence electrons. The zero-order chi connectivity index (χ0) is 17.8. The molecule has 0 bridgehead atoms. The minimum absolute atomic E-state index is 0.0590. The predicted molar refractivity (Wildman–Crippen MR) is 102 cm³/mol. The second kappa shape index (κ2) is 7.70. The minimum Gasteiger partial charge on any atom is -0.392 e. The van der Waals surface area contributed by atoms with E-state index in [9.17, 15) is 5.11 Å². The molecule has 3 aromatic rings. The standard InChI is InChI=1S/C21H24N4O/c26-15-17-6-9-22-21(13-17)25-10-7-18(8-11-25)20-14-19(23-24-20)12-16-4-2-1-3-5-16/h1-6,9,13-14,18,26H,7-8,10-12,15H2,(H,23,24). The van der Waals surface area contributed by atoms with Crippen molar-refractivity contribution in [3.8, 4) is 0 Å². The molecule has 0 saturated carbocycles. The smallest absolute Gasteiger partial charge is 0.128 e. The van der Waals surface area contributed by atoms with Gasteiger partial charge in [0.15, 0.2) is 0 Å². The average molecular weight is 348 g/mol. The second-order valence-corrected chi connectivity index (χ2v) is 6.92. The maximum absolute atomic E-state index is 9.30. The summed E-state index contributed by atoms with van der Waals surface area (Å²) in [4.78, 5) is 6.75. The van der Waals surface area contributed by atoms with Gasteiger partial charge in [-0.25, -0.2) is 4.98 Å². The van der Waals surface area contributed by atoms with Crippen LogP contribution in [0.5, 0.6) is 0 Å². The number of hydrogen-bond donors (Lipinski definition) is 2. The highest BCUT2D eigenvalue weighted by Gasteiger charge is 2.23. The van der Waals surface area contributed by atoms with Gasteiger partial charge in [-0.15, -0.1) is 0 Å². The first-order valence-corrected chi connectivity index (χ1v) is 9.20. The van der Waals surface area contributed by atoms with Gasteiger partial charge in [0.1, 0.15) is 5.82 Å². The van der Waals surface area contributed by atoms with Crippen molar-refractivity contribution in [2.75, 3.05) is 18.0 Å². The fraction of sp³-hybridized carbons (Fsp3) is 0.333. The fourth-order valence-corrected chi connectivity index (χ4v) is 3.63. The van der Waals surface area contributed by atoms with Crippen molar-refractivity contribution in [1.82, 2.24) is 15.2 Å². The van der Waals surface area contributed by atoms with Gasteiger partial charge in [0, 0.05) is 37.3 Å². The molecule has 4 rings (SSSR count). The maximum atomic E-state index is 9.30. The molecule has 1 aliphatic heterocycles. The highest BCUT2D eigenvalue weighted by Crippen LogP contribution is 2.29. The molecule has 0 aliphatic carbocycles. The number of piperidine rings is 1. The lowest BCUT2D eigenvalue weighted by atomic mass is 9.93. The van der Waals surface area contributed by atoms with E-state index >= 15 is 0 Å². The van der Waals surface area contributed by atoms with Crippen molar-refractivity contribution in [3.63, 3.8) is 0 Å². The Bertz CT molecular complexity index is 838. The van der Waals surface area contributed by atoms with Crippen LogP contribution in [0.3, 0.4) is 0 Å². The number of nitrogens with one attached hydrogen (secondary N) is 1. The van der Waals surface area contributed by atoms with E-state index in [1.165, 1.54) is 17.0 Å². The summed E-state index contributed by atoms with van der Waals surface area (Å²) in [5.74, 6) is 1.45. The number of hydrogen-bond acceptors (Lipinski definition) is 4. The Morgan fingerprint density at radius 2 is 1.85 bits per heavy atom. The summed E-state index contributed by atoms with van der Waals surface area (Å²) in [6.07, 6.45) is 4.81. The van der Waals surface area contributed by atoms with E-state index in [2.05, 4.69) is 50.4 Å². The molecule has 0 spiro atoms. The summed E-state index contributed by atoms with van der Waals surface area (Å²) in [6.45, 7) is 1.99. The third kappa shape index (κ3) is 3.78. The number of H-pyrrole nitrogens is 1. The van der Waals surface area contributed by atoms with Crippen LogP contribution in [0, 0.1) is 0 Å². The van der Waals surface area contributed by atoms with E-state index in [1.807, 2.05) is 18.2 Å². The Morgan fingerprint density at radius 3 is 2.62 bits per heavy atom. The van der Waals surface area contributed by atoms with Gasteiger partial charge < -0.3 is 10.0 Å². The quantitative estimate of drug-likeness (QED) is 0.743. The first kappa shape index (κ1) is 16.8. The van der Waals surface area contributed by atoms with Crippen LogP contribution in [0.4, 0.5) is 5.82 Å². The van der Waals surface area contributed by atoms with Gasteiger partial charge in [0.05, 0.1) is 12.3 Å². The van der Waals surface area contributed by atoms with E-state index < -0.39 is 0 Å². The van der Waals surface area contributed by atoms with Crippen LogP contribution >= 0.6 is 0 Å². The van der Waals surface area contributed by atoms with Gasteiger partial charge in [-0.05, 0) is 42.2 Å². The van der Waals surface area contributed by atoms with E-state index in [-0.39, 0.29) is 6.61 Å². The van der Waals surface area contributed by atoms with Crippen LogP contribution in [0.2, 0.25) is 0 Å². The van der Waals surface area contributed by atoms with E-state index in [1.54, 1.807) is 6.20 Å². The molecule has 2 aromatic heterocycles. The molecular weight excluding hydrogens is 324 g/mol. The molecule has 0 unspecified atom stereocenters. The zero-order valence-electron chi connectivity index (χ0n) is 14.8. The normalized spacial score (nSPS) is 15.3. The Labute approximate surface area is 153 Å². The lowest BCUT2D eigenvalue weighted by molar-refractivity contribution is 0.281. The van der Waals surface area contributed by atoms with Crippen LogP contribution in [0.15, 0.2) is 54.7 Å². The summed E-state index contributed by atoms with van der Waals surface area (Å²) in [6, 6.07) is 16.5. The molecule has 1 aromatic carbocycles. The number of pyridine rings is 1. The number of nitrogens with zero attached hydrogens (tertiary/aromatic N) is 3.